The highest BCUT2D eigenvalue weighted by Crippen LogP contribution is 2.31. The molecule has 0 bridgehead atoms. The zero-order valence-electron chi connectivity index (χ0n) is 10.9. The maximum atomic E-state index is 4.06. The van der Waals surface area contributed by atoms with Gasteiger partial charge in [0.05, 0.1) is 0 Å². The standard InChI is InChI=1S/C15H24N2/c1-2-17-15(12-14-4-3-5-14)7-6-13-8-10-16-11-9-13/h8-11,14-15,17H,2-7,12H2,1H3. The van der Waals surface area contributed by atoms with Crippen molar-refractivity contribution in [2.24, 2.45) is 5.92 Å². The number of pyridine rings is 1. The van der Waals surface area contributed by atoms with Crippen molar-refractivity contribution in [1.29, 1.82) is 0 Å². The highest BCUT2D eigenvalue weighted by atomic mass is 14.9. The molecular weight excluding hydrogens is 208 g/mol. The molecule has 1 aromatic heterocycles. The van der Waals surface area contributed by atoms with E-state index in [0.29, 0.717) is 6.04 Å². The number of aromatic nitrogens is 1. The lowest BCUT2D eigenvalue weighted by Crippen LogP contribution is -2.33. The maximum Gasteiger partial charge on any atom is 0.0270 e. The Bertz CT molecular complexity index is 306. The predicted octanol–water partition coefficient (Wildman–Crippen LogP) is 3.18. The van der Waals surface area contributed by atoms with Crippen molar-refractivity contribution in [2.75, 3.05) is 6.54 Å². The largest absolute Gasteiger partial charge is 0.314 e. The monoisotopic (exact) mass is 232 g/mol. The summed E-state index contributed by atoms with van der Waals surface area (Å²) in [5.74, 6) is 0.997. The van der Waals surface area contributed by atoms with Gasteiger partial charge in [-0.05, 0) is 49.4 Å². The Morgan fingerprint density at radius 1 is 1.35 bits per heavy atom. The van der Waals surface area contributed by atoms with E-state index in [-0.39, 0.29) is 0 Å². The summed E-state index contributed by atoms with van der Waals surface area (Å²) in [7, 11) is 0. The first-order valence-electron chi connectivity index (χ1n) is 7.00. The van der Waals surface area contributed by atoms with Crippen LogP contribution in [-0.4, -0.2) is 17.6 Å². The molecule has 1 atom stereocenters. The van der Waals surface area contributed by atoms with Crippen molar-refractivity contribution in [3.05, 3.63) is 30.1 Å². The van der Waals surface area contributed by atoms with Gasteiger partial charge in [0.2, 0.25) is 0 Å². The molecule has 0 radical (unpaired) electrons. The van der Waals surface area contributed by atoms with Gasteiger partial charge in [0.25, 0.3) is 0 Å². The zero-order chi connectivity index (χ0) is 11.9. The van der Waals surface area contributed by atoms with Gasteiger partial charge >= 0.3 is 0 Å². The van der Waals surface area contributed by atoms with Crippen LogP contribution in [0.2, 0.25) is 0 Å². The lowest BCUT2D eigenvalue weighted by atomic mass is 9.80. The number of rotatable bonds is 7. The summed E-state index contributed by atoms with van der Waals surface area (Å²) in [5.41, 5.74) is 1.41. The Balaban J connectivity index is 1.76. The molecule has 0 aliphatic heterocycles. The van der Waals surface area contributed by atoms with Crippen LogP contribution in [0.25, 0.3) is 0 Å². The molecule has 0 aromatic carbocycles. The Hall–Kier alpha value is -0.890. The average molecular weight is 232 g/mol. The van der Waals surface area contributed by atoms with E-state index in [1.807, 2.05) is 12.4 Å². The summed E-state index contributed by atoms with van der Waals surface area (Å²) >= 11 is 0. The highest BCUT2D eigenvalue weighted by Gasteiger charge is 2.21. The third-order valence-corrected chi connectivity index (χ3v) is 3.87. The molecule has 1 saturated carbocycles. The van der Waals surface area contributed by atoms with Crippen LogP contribution >= 0.6 is 0 Å². The van der Waals surface area contributed by atoms with Gasteiger partial charge in [0.1, 0.15) is 0 Å². The molecule has 1 unspecified atom stereocenters. The first-order valence-corrected chi connectivity index (χ1v) is 7.00. The lowest BCUT2D eigenvalue weighted by molar-refractivity contribution is 0.255. The zero-order valence-corrected chi connectivity index (χ0v) is 10.9. The van der Waals surface area contributed by atoms with E-state index in [9.17, 15) is 0 Å². The summed E-state index contributed by atoms with van der Waals surface area (Å²) in [6, 6.07) is 4.97. The molecule has 94 valence electrons. The minimum atomic E-state index is 0.707. The van der Waals surface area contributed by atoms with Crippen LogP contribution in [0, 0.1) is 5.92 Å². The molecule has 1 aromatic rings. The fourth-order valence-electron chi connectivity index (χ4n) is 2.61. The van der Waals surface area contributed by atoms with Gasteiger partial charge in [-0.25, -0.2) is 0 Å². The van der Waals surface area contributed by atoms with Crippen molar-refractivity contribution in [3.8, 4) is 0 Å². The van der Waals surface area contributed by atoms with Crippen molar-refractivity contribution in [3.63, 3.8) is 0 Å². The number of aryl methyl sites for hydroxylation is 1. The molecule has 0 amide bonds. The molecule has 0 saturated heterocycles. The molecule has 2 heteroatoms. The molecule has 1 aliphatic rings. The van der Waals surface area contributed by atoms with Gasteiger partial charge in [-0.3, -0.25) is 4.98 Å². The third kappa shape index (κ3) is 4.12. The third-order valence-electron chi connectivity index (χ3n) is 3.87. The Labute approximate surface area is 105 Å². The molecule has 1 heterocycles. The van der Waals surface area contributed by atoms with Crippen LogP contribution < -0.4 is 5.32 Å². The Morgan fingerprint density at radius 3 is 2.71 bits per heavy atom. The fourth-order valence-corrected chi connectivity index (χ4v) is 2.61. The van der Waals surface area contributed by atoms with Gasteiger partial charge in [-0.15, -0.1) is 0 Å². The molecule has 17 heavy (non-hydrogen) atoms. The van der Waals surface area contributed by atoms with Crippen LogP contribution in [0.15, 0.2) is 24.5 Å². The second-order valence-electron chi connectivity index (χ2n) is 5.18. The van der Waals surface area contributed by atoms with Crippen molar-refractivity contribution >= 4 is 0 Å². The minimum Gasteiger partial charge on any atom is -0.314 e. The van der Waals surface area contributed by atoms with Gasteiger partial charge in [0, 0.05) is 18.4 Å². The second kappa shape index (κ2) is 6.75. The van der Waals surface area contributed by atoms with Crippen LogP contribution in [0.5, 0.6) is 0 Å². The second-order valence-corrected chi connectivity index (χ2v) is 5.18. The van der Waals surface area contributed by atoms with E-state index < -0.39 is 0 Å². The summed E-state index contributed by atoms with van der Waals surface area (Å²) in [6.45, 7) is 3.30. The molecule has 2 nitrogen and oxygen atoms in total. The first kappa shape index (κ1) is 12.6. The number of nitrogens with zero attached hydrogens (tertiary/aromatic N) is 1. The predicted molar refractivity (Wildman–Crippen MR) is 72.0 cm³/mol. The SMILES string of the molecule is CCNC(CCc1ccncc1)CC1CCC1. The maximum absolute atomic E-state index is 4.06. The van der Waals surface area contributed by atoms with Gasteiger partial charge < -0.3 is 5.32 Å². The van der Waals surface area contributed by atoms with Crippen LogP contribution in [-0.2, 0) is 6.42 Å². The van der Waals surface area contributed by atoms with Gasteiger partial charge in [-0.1, -0.05) is 26.2 Å². The topological polar surface area (TPSA) is 24.9 Å². The number of hydrogen-bond acceptors (Lipinski definition) is 2. The molecule has 1 aliphatic carbocycles. The number of nitrogens with one attached hydrogen (secondary N) is 1. The summed E-state index contributed by atoms with van der Waals surface area (Å²) < 4.78 is 0. The first-order chi connectivity index (χ1) is 8.38. The van der Waals surface area contributed by atoms with E-state index in [1.165, 1.54) is 44.1 Å². The van der Waals surface area contributed by atoms with Gasteiger partial charge in [-0.2, -0.15) is 0 Å². The van der Waals surface area contributed by atoms with Crippen molar-refractivity contribution in [2.45, 2.75) is 51.5 Å². The minimum absolute atomic E-state index is 0.707. The average Bonchev–Trinajstić information content (AvgIpc) is 2.32. The fraction of sp³-hybridized carbons (Fsp3) is 0.667. The van der Waals surface area contributed by atoms with E-state index in [2.05, 4.69) is 29.4 Å². The quantitative estimate of drug-likeness (QED) is 0.781. The smallest absolute Gasteiger partial charge is 0.0270 e. The molecule has 1 N–H and O–H groups in total. The number of hydrogen-bond donors (Lipinski definition) is 1. The highest BCUT2D eigenvalue weighted by molar-refractivity contribution is 5.09. The Morgan fingerprint density at radius 2 is 2.12 bits per heavy atom. The normalized spacial score (nSPS) is 17.7. The van der Waals surface area contributed by atoms with Crippen LogP contribution in [0.3, 0.4) is 0 Å². The van der Waals surface area contributed by atoms with E-state index in [4.69, 9.17) is 0 Å². The van der Waals surface area contributed by atoms with Crippen molar-refractivity contribution in [1.82, 2.24) is 10.3 Å². The summed E-state index contributed by atoms with van der Waals surface area (Å²) in [6.07, 6.45) is 12.0. The summed E-state index contributed by atoms with van der Waals surface area (Å²) in [4.78, 5) is 4.06. The van der Waals surface area contributed by atoms with Crippen LogP contribution in [0.1, 0.15) is 44.6 Å². The van der Waals surface area contributed by atoms with Crippen molar-refractivity contribution < 1.29 is 0 Å². The van der Waals surface area contributed by atoms with E-state index >= 15 is 0 Å². The van der Waals surface area contributed by atoms with E-state index in [1.54, 1.807) is 0 Å². The molecule has 0 spiro atoms. The molecular formula is C15H24N2. The Kier molecular flexibility index (Phi) is 4.99. The molecule has 1 fully saturated rings. The van der Waals surface area contributed by atoms with Crippen LogP contribution in [0.4, 0.5) is 0 Å². The van der Waals surface area contributed by atoms with Gasteiger partial charge in [0.15, 0.2) is 0 Å². The lowest BCUT2D eigenvalue weighted by Gasteiger charge is -2.30. The molecule has 2 rings (SSSR count). The van der Waals surface area contributed by atoms with E-state index in [0.717, 1.165) is 12.5 Å². The summed E-state index contributed by atoms with van der Waals surface area (Å²) in [5, 5.41) is 3.64.